The molecule has 2 aromatic rings. The Balaban J connectivity index is 1.37. The van der Waals surface area contributed by atoms with Gasteiger partial charge in [-0.2, -0.15) is 0 Å². The first-order valence-corrected chi connectivity index (χ1v) is 10.8. The molecule has 0 aromatic heterocycles. The summed E-state index contributed by atoms with van der Waals surface area (Å²) < 4.78 is 38.1. The van der Waals surface area contributed by atoms with E-state index in [1.54, 1.807) is 18.2 Å². The number of ether oxygens (including phenoxy) is 2. The molecule has 168 valence electrons. The van der Waals surface area contributed by atoms with E-state index in [9.17, 15) is 13.9 Å². The maximum absolute atomic E-state index is 13.6. The van der Waals surface area contributed by atoms with E-state index in [0.29, 0.717) is 34.6 Å². The van der Waals surface area contributed by atoms with Crippen molar-refractivity contribution >= 4 is 0 Å². The number of hydrogen-bond acceptors (Lipinski definition) is 5. The summed E-state index contributed by atoms with van der Waals surface area (Å²) in [6.07, 6.45) is 2.98. The summed E-state index contributed by atoms with van der Waals surface area (Å²) in [7, 11) is 1.53. The Kier molecular flexibility index (Phi) is 6.74. The van der Waals surface area contributed by atoms with Crippen molar-refractivity contribution < 1.29 is 23.4 Å². The average Bonchev–Trinajstić information content (AvgIpc) is 3.15. The van der Waals surface area contributed by atoms with Gasteiger partial charge >= 0.3 is 0 Å². The van der Waals surface area contributed by atoms with E-state index in [-0.39, 0.29) is 6.61 Å². The maximum atomic E-state index is 13.6. The quantitative estimate of drug-likeness (QED) is 0.702. The highest BCUT2D eigenvalue weighted by atomic mass is 19.2. The second kappa shape index (κ2) is 9.51. The summed E-state index contributed by atoms with van der Waals surface area (Å²) in [5.41, 5.74) is 1.57. The van der Waals surface area contributed by atoms with E-state index in [1.807, 2.05) is 0 Å². The van der Waals surface area contributed by atoms with Crippen molar-refractivity contribution in [3.8, 4) is 22.6 Å². The van der Waals surface area contributed by atoms with E-state index in [1.165, 1.54) is 32.4 Å². The highest BCUT2D eigenvalue weighted by molar-refractivity contribution is 5.67. The number of nitrogens with one attached hydrogen (secondary N) is 1. The van der Waals surface area contributed by atoms with Crippen LogP contribution in [0.4, 0.5) is 8.78 Å². The summed E-state index contributed by atoms with van der Waals surface area (Å²) in [4.78, 5) is 2.33. The SMILES string of the molecule is COc1cc(OCC(O)CN2CCC3(CCNCC3)C2)cc(-c2ccc(F)c(F)c2)c1. The molecule has 1 atom stereocenters. The molecule has 2 N–H and O–H groups in total. The number of benzene rings is 2. The van der Waals surface area contributed by atoms with Gasteiger partial charge in [0.05, 0.1) is 7.11 Å². The number of aliphatic hydroxyl groups is 1. The minimum absolute atomic E-state index is 0.148. The molecule has 5 nitrogen and oxygen atoms in total. The van der Waals surface area contributed by atoms with E-state index in [0.717, 1.165) is 38.3 Å². The Morgan fingerprint density at radius 3 is 2.55 bits per heavy atom. The number of likely N-dealkylation sites (tertiary alicyclic amines) is 1. The minimum atomic E-state index is -0.907. The zero-order valence-electron chi connectivity index (χ0n) is 17.9. The lowest BCUT2D eigenvalue weighted by Crippen LogP contribution is -2.40. The van der Waals surface area contributed by atoms with Crippen LogP contribution in [0, 0.1) is 17.0 Å². The molecule has 2 fully saturated rings. The van der Waals surface area contributed by atoms with Crippen molar-refractivity contribution in [3.63, 3.8) is 0 Å². The zero-order valence-corrected chi connectivity index (χ0v) is 17.9. The van der Waals surface area contributed by atoms with E-state index < -0.39 is 17.7 Å². The molecule has 1 spiro atoms. The van der Waals surface area contributed by atoms with Crippen LogP contribution in [0.5, 0.6) is 11.5 Å². The Hall–Kier alpha value is -2.22. The Bertz CT molecular complexity index is 902. The summed E-state index contributed by atoms with van der Waals surface area (Å²) in [6, 6.07) is 8.94. The molecule has 0 bridgehead atoms. The van der Waals surface area contributed by atoms with Gasteiger partial charge in [-0.15, -0.1) is 0 Å². The van der Waals surface area contributed by atoms with Gasteiger partial charge < -0.3 is 24.8 Å². The summed E-state index contributed by atoms with van der Waals surface area (Å²) in [5.74, 6) is -0.747. The van der Waals surface area contributed by atoms with Gasteiger partial charge in [-0.25, -0.2) is 8.78 Å². The Labute approximate surface area is 182 Å². The number of hydrogen-bond donors (Lipinski definition) is 2. The fourth-order valence-electron chi connectivity index (χ4n) is 4.71. The molecule has 7 heteroatoms. The second-order valence-electron chi connectivity index (χ2n) is 8.73. The highest BCUT2D eigenvalue weighted by Crippen LogP contribution is 2.38. The average molecular weight is 433 g/mol. The Morgan fingerprint density at radius 2 is 1.81 bits per heavy atom. The molecule has 2 heterocycles. The summed E-state index contributed by atoms with van der Waals surface area (Å²) in [6.45, 7) is 4.93. The molecular formula is C24H30F2N2O3. The number of halogens is 2. The monoisotopic (exact) mass is 432 g/mol. The van der Waals surface area contributed by atoms with Crippen LogP contribution in [0.15, 0.2) is 36.4 Å². The number of aliphatic hydroxyl groups excluding tert-OH is 1. The van der Waals surface area contributed by atoms with Gasteiger partial charge in [-0.1, -0.05) is 6.07 Å². The smallest absolute Gasteiger partial charge is 0.159 e. The van der Waals surface area contributed by atoms with E-state index in [4.69, 9.17) is 9.47 Å². The van der Waals surface area contributed by atoms with Gasteiger partial charge in [0.25, 0.3) is 0 Å². The van der Waals surface area contributed by atoms with Crippen LogP contribution >= 0.6 is 0 Å². The topological polar surface area (TPSA) is 54.0 Å². The van der Waals surface area contributed by atoms with E-state index >= 15 is 0 Å². The summed E-state index contributed by atoms with van der Waals surface area (Å²) >= 11 is 0. The van der Waals surface area contributed by atoms with Gasteiger partial charge in [-0.05, 0) is 79.7 Å². The van der Waals surface area contributed by atoms with Gasteiger partial charge in [0.2, 0.25) is 0 Å². The number of rotatable bonds is 7. The molecule has 31 heavy (non-hydrogen) atoms. The lowest BCUT2D eigenvalue weighted by Gasteiger charge is -2.34. The first-order valence-electron chi connectivity index (χ1n) is 10.8. The normalized spacial score (nSPS) is 19.5. The molecular weight excluding hydrogens is 402 g/mol. The van der Waals surface area contributed by atoms with Crippen molar-refractivity contribution in [2.24, 2.45) is 5.41 Å². The third kappa shape index (κ3) is 5.34. The van der Waals surface area contributed by atoms with Gasteiger partial charge in [0.15, 0.2) is 11.6 Å². The first kappa shape index (κ1) is 22.0. The number of methoxy groups -OCH3 is 1. The van der Waals surface area contributed by atoms with Crippen molar-refractivity contribution in [3.05, 3.63) is 48.0 Å². The molecule has 2 aromatic carbocycles. The molecule has 0 radical (unpaired) electrons. The van der Waals surface area contributed by atoms with Crippen molar-refractivity contribution in [1.29, 1.82) is 0 Å². The van der Waals surface area contributed by atoms with Crippen LogP contribution in [0.1, 0.15) is 19.3 Å². The third-order valence-corrected chi connectivity index (χ3v) is 6.46. The van der Waals surface area contributed by atoms with Crippen LogP contribution in [-0.2, 0) is 0 Å². The number of piperidine rings is 1. The number of β-amino-alcohol motifs (C(OH)–C–C–N with tert-alkyl or cyclic N) is 1. The molecule has 4 rings (SSSR count). The zero-order chi connectivity index (χ0) is 21.8. The Morgan fingerprint density at radius 1 is 1.03 bits per heavy atom. The van der Waals surface area contributed by atoms with Crippen molar-refractivity contribution in [1.82, 2.24) is 10.2 Å². The molecule has 2 aliphatic rings. The fraction of sp³-hybridized carbons (Fsp3) is 0.500. The molecule has 0 saturated carbocycles. The highest BCUT2D eigenvalue weighted by Gasteiger charge is 2.39. The molecule has 1 unspecified atom stereocenters. The fourth-order valence-corrected chi connectivity index (χ4v) is 4.71. The molecule has 2 aliphatic heterocycles. The minimum Gasteiger partial charge on any atom is -0.497 e. The first-order chi connectivity index (χ1) is 15.0. The van der Waals surface area contributed by atoms with E-state index in [2.05, 4.69) is 10.2 Å². The van der Waals surface area contributed by atoms with Crippen LogP contribution in [0.3, 0.4) is 0 Å². The molecule has 0 aliphatic carbocycles. The van der Waals surface area contributed by atoms with Crippen LogP contribution in [0.2, 0.25) is 0 Å². The summed E-state index contributed by atoms with van der Waals surface area (Å²) in [5, 5.41) is 14.0. The van der Waals surface area contributed by atoms with Crippen LogP contribution in [0.25, 0.3) is 11.1 Å². The van der Waals surface area contributed by atoms with Gasteiger partial charge in [-0.3, -0.25) is 0 Å². The second-order valence-corrected chi connectivity index (χ2v) is 8.73. The maximum Gasteiger partial charge on any atom is 0.159 e. The van der Waals surface area contributed by atoms with Crippen LogP contribution in [-0.4, -0.2) is 62.6 Å². The van der Waals surface area contributed by atoms with Gasteiger partial charge in [0.1, 0.15) is 24.2 Å². The van der Waals surface area contributed by atoms with Crippen LogP contribution < -0.4 is 14.8 Å². The predicted molar refractivity (Wildman–Crippen MR) is 115 cm³/mol. The number of nitrogens with zero attached hydrogens (tertiary/aromatic N) is 1. The largest absolute Gasteiger partial charge is 0.497 e. The van der Waals surface area contributed by atoms with Crippen molar-refractivity contribution in [2.45, 2.75) is 25.4 Å². The molecule has 0 amide bonds. The third-order valence-electron chi connectivity index (χ3n) is 6.46. The lowest BCUT2D eigenvalue weighted by atomic mass is 9.78. The van der Waals surface area contributed by atoms with Gasteiger partial charge in [0, 0.05) is 19.2 Å². The van der Waals surface area contributed by atoms with Crippen molar-refractivity contribution in [2.75, 3.05) is 46.4 Å². The predicted octanol–water partition coefficient (Wildman–Crippen LogP) is 3.46. The lowest BCUT2D eigenvalue weighted by molar-refractivity contribution is 0.0697. The standard InChI is InChI=1S/C24H30F2N2O3/c1-30-20-10-18(17-2-3-22(25)23(26)12-17)11-21(13-20)31-15-19(29)14-28-9-6-24(16-28)4-7-27-8-5-24/h2-3,10-13,19,27,29H,4-9,14-16H2,1H3. The molecule has 2 saturated heterocycles.